The van der Waals surface area contributed by atoms with Crippen LogP contribution in [0.2, 0.25) is 0 Å². The summed E-state index contributed by atoms with van der Waals surface area (Å²) >= 11 is 3.59. The van der Waals surface area contributed by atoms with Crippen LogP contribution < -0.4 is 25.6 Å². The van der Waals surface area contributed by atoms with Crippen LogP contribution in [0.15, 0.2) is 65.8 Å². The van der Waals surface area contributed by atoms with Crippen LogP contribution in [0.25, 0.3) is 16.8 Å². The second-order valence-electron chi connectivity index (χ2n) is 13.9. The smallest absolute Gasteiger partial charge is 0.419 e. The van der Waals surface area contributed by atoms with E-state index < -0.39 is 19.7 Å². The summed E-state index contributed by atoms with van der Waals surface area (Å²) in [6, 6.07) is 10.2. The van der Waals surface area contributed by atoms with Crippen molar-refractivity contribution in [1.82, 2.24) is 39.3 Å². The molecule has 12 nitrogen and oxygen atoms in total. The van der Waals surface area contributed by atoms with Gasteiger partial charge in [0.1, 0.15) is 11.6 Å². The highest BCUT2D eigenvalue weighted by Gasteiger charge is 2.32. The van der Waals surface area contributed by atoms with E-state index in [2.05, 4.69) is 89.0 Å². The van der Waals surface area contributed by atoms with Crippen molar-refractivity contribution in [2.45, 2.75) is 25.1 Å². The van der Waals surface area contributed by atoms with Crippen LogP contribution in [0, 0.1) is 0 Å². The molecule has 2 fully saturated rings. The molecule has 2 N–H and O–H groups in total. The van der Waals surface area contributed by atoms with Crippen LogP contribution in [0.4, 0.5) is 42.0 Å². The van der Waals surface area contributed by atoms with Crippen LogP contribution in [0.1, 0.15) is 18.4 Å². The molecule has 54 heavy (non-hydrogen) atoms. The van der Waals surface area contributed by atoms with Gasteiger partial charge in [-0.3, -0.25) is 9.58 Å². The van der Waals surface area contributed by atoms with Crippen molar-refractivity contribution in [2.75, 3.05) is 82.3 Å². The molecular weight excluding hydrogens is 782 g/mol. The summed E-state index contributed by atoms with van der Waals surface area (Å²) in [5.41, 5.74) is 4.34. The number of ether oxygens (including phenoxy) is 1. The van der Waals surface area contributed by atoms with E-state index in [-0.39, 0.29) is 0 Å². The van der Waals surface area contributed by atoms with Crippen molar-refractivity contribution in [1.29, 1.82) is 0 Å². The van der Waals surface area contributed by atoms with E-state index in [0.717, 1.165) is 92.3 Å². The maximum absolute atomic E-state index is 13.3. The fraction of sp³-hybridized carbons (Fsp3) is 0.405. The molecule has 0 bridgehead atoms. The van der Waals surface area contributed by atoms with E-state index >= 15 is 0 Å². The number of methoxy groups -OCH3 is 1. The Morgan fingerprint density at radius 1 is 0.889 bits per heavy atom. The molecule has 7 rings (SSSR count). The minimum Gasteiger partial charge on any atom is -0.494 e. The standard InChI is InChI=1S/C37H44BrF3N11OP/c1-48-12-14-50(15-13-48)26-8-10-51(11-9-26)32-18-33(53-3)31(17-28(32)24-19-43-49(2)22-24)46-36-42-21-29(38)35(47-36)45-30-7-6-27(16-34(30)54(4)5)52-23-25(20-44-52)37(39,40)41/h6-7,16-23,26H,8-15H2,1-5H3,(H2,42,45,46,47). The van der Waals surface area contributed by atoms with E-state index in [4.69, 9.17) is 9.72 Å². The quantitative estimate of drug-likeness (QED) is 0.144. The number of aromatic nitrogens is 6. The maximum Gasteiger partial charge on any atom is 0.419 e. The number of hydrogen-bond donors (Lipinski definition) is 2. The Bertz CT molecular complexity index is 2090. The minimum absolute atomic E-state index is 0.349. The monoisotopic (exact) mass is 825 g/mol. The first-order chi connectivity index (χ1) is 25.9. The Labute approximate surface area is 322 Å². The third-order valence-electron chi connectivity index (χ3n) is 10.1. The SMILES string of the molecule is COc1cc(N2CCC(N3CCN(C)CC3)CC2)c(-c2cnn(C)c2)cc1Nc1ncc(Br)c(Nc2ccc(-n3cc(C(F)(F)F)cn3)cc2P(C)C)n1. The predicted octanol–water partition coefficient (Wildman–Crippen LogP) is 6.92. The van der Waals surface area contributed by atoms with Gasteiger partial charge in [-0.1, -0.05) is 7.92 Å². The highest BCUT2D eigenvalue weighted by atomic mass is 79.9. The Balaban J connectivity index is 1.14. The van der Waals surface area contributed by atoms with Crippen molar-refractivity contribution in [3.05, 3.63) is 71.4 Å². The lowest BCUT2D eigenvalue weighted by molar-refractivity contribution is -0.137. The van der Waals surface area contributed by atoms with E-state index in [0.29, 0.717) is 39.4 Å². The number of anilines is 5. The molecule has 0 amide bonds. The number of rotatable bonds is 10. The Hall–Kier alpha value is -4.24. The predicted molar refractivity (Wildman–Crippen MR) is 213 cm³/mol. The summed E-state index contributed by atoms with van der Waals surface area (Å²) in [7, 11) is 5.10. The van der Waals surface area contributed by atoms with Crippen molar-refractivity contribution >= 4 is 58.0 Å². The zero-order chi connectivity index (χ0) is 38.1. The number of piperidine rings is 1. The van der Waals surface area contributed by atoms with Gasteiger partial charge in [0.15, 0.2) is 0 Å². The third-order valence-corrected chi connectivity index (χ3v) is 12.0. The molecule has 17 heteroatoms. The van der Waals surface area contributed by atoms with Crippen molar-refractivity contribution in [3.63, 3.8) is 0 Å². The summed E-state index contributed by atoms with van der Waals surface area (Å²) in [4.78, 5) is 16.9. The topological polar surface area (TPSA) is 104 Å². The molecule has 5 aromatic rings. The first-order valence-corrected chi connectivity index (χ1v) is 20.8. The highest BCUT2D eigenvalue weighted by molar-refractivity contribution is 9.10. The number of nitrogens with zero attached hydrogens (tertiary/aromatic N) is 9. The molecule has 2 aliphatic rings. The zero-order valence-electron chi connectivity index (χ0n) is 30.9. The molecule has 5 heterocycles. The Kier molecular flexibility index (Phi) is 11.2. The van der Waals surface area contributed by atoms with Gasteiger partial charge in [0, 0.05) is 105 Å². The van der Waals surface area contributed by atoms with Gasteiger partial charge in [-0.2, -0.15) is 28.4 Å². The zero-order valence-corrected chi connectivity index (χ0v) is 33.4. The summed E-state index contributed by atoms with van der Waals surface area (Å²) in [6.45, 7) is 10.5. The number of nitrogens with one attached hydrogen (secondary N) is 2. The van der Waals surface area contributed by atoms with Crippen molar-refractivity contribution in [3.8, 4) is 22.6 Å². The van der Waals surface area contributed by atoms with Crippen LogP contribution in [0.3, 0.4) is 0 Å². The lowest BCUT2D eigenvalue weighted by Gasteiger charge is -2.43. The molecule has 2 aromatic carbocycles. The molecule has 0 aliphatic carbocycles. The van der Waals surface area contributed by atoms with Gasteiger partial charge in [-0.25, -0.2) is 9.67 Å². The molecule has 3 aromatic heterocycles. The normalized spacial score (nSPS) is 16.3. The van der Waals surface area contributed by atoms with Crippen molar-refractivity contribution in [2.24, 2.45) is 7.05 Å². The highest BCUT2D eigenvalue weighted by Crippen LogP contribution is 2.42. The summed E-state index contributed by atoms with van der Waals surface area (Å²) in [6.07, 6.45) is 5.13. The Morgan fingerprint density at radius 2 is 1.65 bits per heavy atom. The maximum atomic E-state index is 13.3. The van der Waals surface area contributed by atoms with Crippen LogP contribution in [0.5, 0.6) is 5.75 Å². The molecule has 0 atom stereocenters. The van der Waals surface area contributed by atoms with E-state index in [9.17, 15) is 13.2 Å². The average molecular weight is 827 g/mol. The van der Waals surface area contributed by atoms with Gasteiger partial charge in [-0.05, 0) is 73.4 Å². The number of halogens is 4. The van der Waals surface area contributed by atoms with Gasteiger partial charge in [0.2, 0.25) is 5.95 Å². The van der Waals surface area contributed by atoms with Gasteiger partial charge in [0.05, 0.1) is 40.9 Å². The second-order valence-corrected chi connectivity index (χ2v) is 17.1. The molecule has 0 saturated carbocycles. The fourth-order valence-corrected chi connectivity index (χ4v) is 8.35. The van der Waals surface area contributed by atoms with Crippen LogP contribution in [-0.2, 0) is 13.2 Å². The number of alkyl halides is 3. The molecule has 286 valence electrons. The first kappa shape index (κ1) is 38.1. The van der Waals surface area contributed by atoms with E-state index in [1.54, 1.807) is 24.1 Å². The van der Waals surface area contributed by atoms with E-state index in [1.165, 1.54) is 4.68 Å². The van der Waals surface area contributed by atoms with Crippen LogP contribution >= 0.6 is 23.9 Å². The molecule has 0 spiro atoms. The first-order valence-electron chi connectivity index (χ1n) is 17.7. The molecule has 0 unspecified atom stereocenters. The number of aryl methyl sites for hydroxylation is 1. The lowest BCUT2D eigenvalue weighted by atomic mass is 9.98. The number of piperazine rings is 1. The lowest BCUT2D eigenvalue weighted by Crippen LogP contribution is -2.52. The number of hydrogen-bond acceptors (Lipinski definition) is 10. The largest absolute Gasteiger partial charge is 0.494 e. The molecule has 2 saturated heterocycles. The average Bonchev–Trinajstić information content (AvgIpc) is 3.84. The molecular formula is C37H44BrF3N11OP. The second kappa shape index (κ2) is 15.9. The van der Waals surface area contributed by atoms with Crippen LogP contribution in [-0.4, -0.2) is 112 Å². The van der Waals surface area contributed by atoms with Gasteiger partial charge < -0.3 is 25.2 Å². The fourth-order valence-electron chi connectivity index (χ4n) is 7.06. The molecule has 2 aliphatic heterocycles. The number of benzene rings is 2. The van der Waals surface area contributed by atoms with Gasteiger partial charge >= 0.3 is 6.18 Å². The minimum atomic E-state index is -4.47. The Morgan fingerprint density at radius 3 is 2.30 bits per heavy atom. The van der Waals surface area contributed by atoms with Crippen molar-refractivity contribution < 1.29 is 17.9 Å². The van der Waals surface area contributed by atoms with Gasteiger partial charge in [0.25, 0.3) is 0 Å². The van der Waals surface area contributed by atoms with E-state index in [1.807, 2.05) is 31.6 Å². The molecule has 0 radical (unpaired) electrons. The summed E-state index contributed by atoms with van der Waals surface area (Å²) < 4.78 is 49.4. The summed E-state index contributed by atoms with van der Waals surface area (Å²) in [5, 5.41) is 16.2. The third kappa shape index (κ3) is 8.36. The van der Waals surface area contributed by atoms with Gasteiger partial charge in [-0.15, -0.1) is 0 Å². The summed E-state index contributed by atoms with van der Waals surface area (Å²) in [5.74, 6) is 1.53. The number of likely N-dealkylation sites (N-methyl/N-ethyl adjacent to an activating group) is 1.